The second-order valence-electron chi connectivity index (χ2n) is 8.16. The lowest BCUT2D eigenvalue weighted by Crippen LogP contribution is -2.56. The van der Waals surface area contributed by atoms with Gasteiger partial charge < -0.3 is 21.3 Å². The summed E-state index contributed by atoms with van der Waals surface area (Å²) in [6.45, 7) is 3.79. The van der Waals surface area contributed by atoms with E-state index in [2.05, 4.69) is 10.6 Å². The monoisotopic (exact) mass is 426 g/mol. The Labute approximate surface area is 181 Å². The number of aryl methyl sites for hydroxylation is 1. The van der Waals surface area contributed by atoms with Crippen LogP contribution in [-0.4, -0.2) is 30.9 Å². The number of nitrogens with one attached hydrogen (secondary N) is 2. The highest BCUT2D eigenvalue weighted by Gasteiger charge is 2.40. The van der Waals surface area contributed by atoms with Gasteiger partial charge in [-0.2, -0.15) is 0 Å². The first-order valence-corrected chi connectivity index (χ1v) is 10.7. The van der Waals surface area contributed by atoms with Crippen LogP contribution < -0.4 is 21.3 Å². The second kappa shape index (κ2) is 8.76. The standard InChI is InChI=1S/C23H27ClN4O2/c1-14-6-17(23(30)27-11-18-8-19(24)5-4-16(18)10-25)9-20(7-14)28-21(15-2-3-15)12-26-13-22(28)29/h4-9,15,21,26H,2-3,10-13,25H2,1H3,(H,27,30). The maximum absolute atomic E-state index is 12.9. The molecule has 0 aromatic heterocycles. The van der Waals surface area contributed by atoms with E-state index in [1.54, 1.807) is 6.07 Å². The minimum atomic E-state index is -0.187. The van der Waals surface area contributed by atoms with E-state index in [0.717, 1.165) is 41.8 Å². The average Bonchev–Trinajstić information content (AvgIpc) is 3.56. The van der Waals surface area contributed by atoms with Gasteiger partial charge in [0.05, 0.1) is 12.6 Å². The molecule has 2 aromatic carbocycles. The molecule has 1 atom stereocenters. The minimum absolute atomic E-state index is 0.0571. The Morgan fingerprint density at radius 3 is 2.77 bits per heavy atom. The van der Waals surface area contributed by atoms with Gasteiger partial charge in [0.15, 0.2) is 0 Å². The van der Waals surface area contributed by atoms with Crippen molar-refractivity contribution in [2.75, 3.05) is 18.0 Å². The molecular formula is C23H27ClN4O2. The van der Waals surface area contributed by atoms with Crippen molar-refractivity contribution >= 4 is 29.1 Å². The van der Waals surface area contributed by atoms with E-state index >= 15 is 0 Å². The Kier molecular flexibility index (Phi) is 6.09. The first kappa shape index (κ1) is 20.8. The average molecular weight is 427 g/mol. The van der Waals surface area contributed by atoms with Crippen LogP contribution in [0.4, 0.5) is 5.69 Å². The van der Waals surface area contributed by atoms with Crippen LogP contribution in [0, 0.1) is 12.8 Å². The molecule has 2 fully saturated rings. The first-order valence-electron chi connectivity index (χ1n) is 10.4. The Balaban J connectivity index is 1.55. The lowest BCUT2D eigenvalue weighted by molar-refractivity contribution is -0.119. The van der Waals surface area contributed by atoms with Gasteiger partial charge in [-0.25, -0.2) is 0 Å². The molecule has 1 heterocycles. The molecule has 30 heavy (non-hydrogen) atoms. The third-order valence-electron chi connectivity index (χ3n) is 5.83. The third-order valence-corrected chi connectivity index (χ3v) is 6.06. The molecule has 6 nitrogen and oxygen atoms in total. The van der Waals surface area contributed by atoms with Gasteiger partial charge in [-0.3, -0.25) is 9.59 Å². The molecule has 2 aromatic rings. The molecule has 4 N–H and O–H groups in total. The minimum Gasteiger partial charge on any atom is -0.348 e. The topological polar surface area (TPSA) is 87.5 Å². The maximum Gasteiger partial charge on any atom is 0.251 e. The van der Waals surface area contributed by atoms with Gasteiger partial charge in [0, 0.05) is 35.9 Å². The zero-order chi connectivity index (χ0) is 21.3. The summed E-state index contributed by atoms with van der Waals surface area (Å²) in [5.41, 5.74) is 9.94. The van der Waals surface area contributed by atoms with Crippen LogP contribution in [0.2, 0.25) is 5.02 Å². The van der Waals surface area contributed by atoms with Crippen LogP contribution in [0.15, 0.2) is 36.4 Å². The van der Waals surface area contributed by atoms with Crippen LogP contribution in [0.3, 0.4) is 0 Å². The van der Waals surface area contributed by atoms with Crippen molar-refractivity contribution < 1.29 is 9.59 Å². The molecule has 1 aliphatic heterocycles. The maximum atomic E-state index is 12.9. The molecule has 0 bridgehead atoms. The van der Waals surface area contributed by atoms with E-state index in [1.165, 1.54) is 0 Å². The number of hydrogen-bond acceptors (Lipinski definition) is 4. The fraction of sp³-hybridized carbons (Fsp3) is 0.391. The van der Waals surface area contributed by atoms with E-state index in [9.17, 15) is 9.59 Å². The molecule has 1 saturated carbocycles. The van der Waals surface area contributed by atoms with E-state index in [1.807, 2.05) is 42.2 Å². The van der Waals surface area contributed by atoms with Gasteiger partial charge in [0.25, 0.3) is 5.91 Å². The lowest BCUT2D eigenvalue weighted by Gasteiger charge is -2.36. The molecule has 2 aliphatic rings. The molecule has 1 aliphatic carbocycles. The summed E-state index contributed by atoms with van der Waals surface area (Å²) in [6, 6.07) is 11.3. The molecule has 1 saturated heterocycles. The lowest BCUT2D eigenvalue weighted by atomic mass is 10.0. The van der Waals surface area contributed by atoms with Gasteiger partial charge in [-0.15, -0.1) is 0 Å². The van der Waals surface area contributed by atoms with Gasteiger partial charge in [-0.05, 0) is 72.7 Å². The number of carbonyl (C=O) groups is 2. The summed E-state index contributed by atoms with van der Waals surface area (Å²) in [5, 5.41) is 6.79. The van der Waals surface area contributed by atoms with Gasteiger partial charge in [0.2, 0.25) is 5.91 Å². The van der Waals surface area contributed by atoms with Crippen LogP contribution in [0.25, 0.3) is 0 Å². The second-order valence-corrected chi connectivity index (χ2v) is 8.59. The molecule has 0 spiro atoms. The summed E-state index contributed by atoms with van der Waals surface area (Å²) < 4.78 is 0. The normalized spacial score (nSPS) is 19.1. The quantitative estimate of drug-likeness (QED) is 0.662. The van der Waals surface area contributed by atoms with Gasteiger partial charge in [-0.1, -0.05) is 17.7 Å². The Morgan fingerprint density at radius 1 is 1.23 bits per heavy atom. The molecule has 7 heteroatoms. The molecule has 2 amide bonds. The van der Waals surface area contributed by atoms with Crippen LogP contribution >= 0.6 is 11.6 Å². The van der Waals surface area contributed by atoms with Crippen molar-refractivity contribution in [3.63, 3.8) is 0 Å². The number of halogens is 1. The van der Waals surface area contributed by atoms with Crippen molar-refractivity contribution in [3.8, 4) is 0 Å². The van der Waals surface area contributed by atoms with E-state index in [-0.39, 0.29) is 17.9 Å². The zero-order valence-corrected chi connectivity index (χ0v) is 17.8. The van der Waals surface area contributed by atoms with Crippen LogP contribution in [0.1, 0.15) is 39.9 Å². The largest absolute Gasteiger partial charge is 0.348 e. The molecule has 1 unspecified atom stereocenters. The Morgan fingerprint density at radius 2 is 2.03 bits per heavy atom. The number of nitrogens with zero attached hydrogens (tertiary/aromatic N) is 1. The number of amides is 2. The van der Waals surface area contributed by atoms with Crippen molar-refractivity contribution in [1.82, 2.24) is 10.6 Å². The fourth-order valence-corrected chi connectivity index (χ4v) is 4.35. The number of hydrogen-bond donors (Lipinski definition) is 3. The van der Waals surface area contributed by atoms with Crippen LogP contribution in [0.5, 0.6) is 0 Å². The fourth-order valence-electron chi connectivity index (χ4n) is 4.15. The summed E-state index contributed by atoms with van der Waals surface area (Å²) in [7, 11) is 0. The highest BCUT2D eigenvalue weighted by atomic mass is 35.5. The number of anilines is 1. The highest BCUT2D eigenvalue weighted by Crippen LogP contribution is 2.38. The van der Waals surface area contributed by atoms with Gasteiger partial charge in [0.1, 0.15) is 0 Å². The molecular weight excluding hydrogens is 400 g/mol. The predicted octanol–water partition coefficient (Wildman–Crippen LogP) is 2.75. The van der Waals surface area contributed by atoms with Crippen molar-refractivity contribution in [3.05, 3.63) is 63.7 Å². The van der Waals surface area contributed by atoms with Crippen molar-refractivity contribution in [1.29, 1.82) is 0 Å². The summed E-state index contributed by atoms with van der Waals surface area (Å²) in [4.78, 5) is 27.5. The van der Waals surface area contributed by atoms with E-state index < -0.39 is 0 Å². The first-order chi connectivity index (χ1) is 14.5. The molecule has 158 valence electrons. The number of nitrogens with two attached hydrogens (primary N) is 1. The highest BCUT2D eigenvalue weighted by molar-refractivity contribution is 6.30. The Hall–Kier alpha value is -2.41. The number of rotatable bonds is 6. The van der Waals surface area contributed by atoms with E-state index in [4.69, 9.17) is 17.3 Å². The predicted molar refractivity (Wildman–Crippen MR) is 119 cm³/mol. The number of piperazine rings is 1. The summed E-state index contributed by atoms with van der Waals surface area (Å²) in [5.74, 6) is 0.409. The number of benzene rings is 2. The summed E-state index contributed by atoms with van der Waals surface area (Å²) >= 11 is 6.10. The van der Waals surface area contributed by atoms with Crippen molar-refractivity contribution in [2.24, 2.45) is 11.7 Å². The smallest absolute Gasteiger partial charge is 0.251 e. The zero-order valence-electron chi connectivity index (χ0n) is 17.1. The van der Waals surface area contributed by atoms with Crippen molar-refractivity contribution in [2.45, 2.75) is 38.9 Å². The molecule has 4 rings (SSSR count). The summed E-state index contributed by atoms with van der Waals surface area (Å²) in [6.07, 6.45) is 2.30. The molecule has 0 radical (unpaired) electrons. The van der Waals surface area contributed by atoms with Gasteiger partial charge >= 0.3 is 0 Å². The Bertz CT molecular complexity index is 974. The third kappa shape index (κ3) is 4.51. The van der Waals surface area contributed by atoms with E-state index in [0.29, 0.717) is 36.1 Å². The van der Waals surface area contributed by atoms with Crippen LogP contribution in [-0.2, 0) is 17.9 Å². The number of carbonyl (C=O) groups excluding carboxylic acids is 2. The SMILES string of the molecule is Cc1cc(C(=O)NCc2cc(Cl)ccc2CN)cc(N2C(=O)CNCC2C2CC2)c1.